The topological polar surface area (TPSA) is 170 Å². The summed E-state index contributed by atoms with van der Waals surface area (Å²) in [6, 6.07) is 6.29. The fraction of sp³-hybridized carbons (Fsp3) is 0.690. The Labute approximate surface area is 248 Å². The first-order valence-corrected chi connectivity index (χ1v) is 14.9. The Balaban J connectivity index is 1.48. The van der Waals surface area contributed by atoms with E-state index in [1.165, 1.54) is 0 Å². The second-order valence-electron chi connectivity index (χ2n) is 13.2. The molecule has 230 valence electrons. The Kier molecular flexibility index (Phi) is 9.51. The smallest absolute Gasteiger partial charge is 0.404 e. The van der Waals surface area contributed by atoms with Crippen LogP contribution in [-0.4, -0.2) is 60.2 Å². The maximum absolute atomic E-state index is 13.8. The first kappa shape index (κ1) is 31.7. The lowest BCUT2D eigenvalue weighted by atomic mass is 9.43. The monoisotopic (exact) mass is 584 g/mol. The fourth-order valence-electron chi connectivity index (χ4n) is 7.06. The Morgan fingerprint density at radius 3 is 2.57 bits per heavy atom. The lowest BCUT2D eigenvalue weighted by Gasteiger charge is -2.64. The van der Waals surface area contributed by atoms with Gasteiger partial charge >= 0.3 is 7.12 Å². The number of hydrazine groups is 1. The van der Waals surface area contributed by atoms with Gasteiger partial charge in [0.25, 0.3) is 11.9 Å². The second-order valence-corrected chi connectivity index (χ2v) is 13.2. The molecule has 1 aromatic carbocycles. The highest BCUT2D eigenvalue weighted by molar-refractivity contribution is 6.48. The summed E-state index contributed by atoms with van der Waals surface area (Å²) in [5.41, 5.74) is 8.38. The molecule has 6 atom stereocenters. The molecule has 0 radical (unpaired) electrons. The molecule has 2 bridgehead atoms. The molecule has 12 nitrogen and oxygen atoms in total. The van der Waals surface area contributed by atoms with Crippen LogP contribution in [0.1, 0.15) is 82.6 Å². The van der Waals surface area contributed by atoms with Crippen LogP contribution in [0.5, 0.6) is 0 Å². The number of hydrogen-bond acceptors (Lipinski definition) is 7. The first-order valence-electron chi connectivity index (χ1n) is 14.9. The van der Waals surface area contributed by atoms with Crippen LogP contribution >= 0.6 is 0 Å². The molecule has 3 aliphatic carbocycles. The molecule has 13 heteroatoms. The van der Waals surface area contributed by atoms with Crippen molar-refractivity contribution in [3.8, 4) is 0 Å². The molecule has 42 heavy (non-hydrogen) atoms. The zero-order valence-electron chi connectivity index (χ0n) is 25.5. The van der Waals surface area contributed by atoms with E-state index in [0.29, 0.717) is 30.2 Å². The van der Waals surface area contributed by atoms with E-state index < -0.39 is 29.7 Å². The van der Waals surface area contributed by atoms with Crippen LogP contribution in [-0.2, 0) is 14.1 Å². The number of nitrogens with zero attached hydrogens (tertiary/aromatic N) is 2. The highest BCUT2D eigenvalue weighted by Crippen LogP contribution is 2.65. The van der Waals surface area contributed by atoms with Gasteiger partial charge in [-0.05, 0) is 80.8 Å². The van der Waals surface area contributed by atoms with Gasteiger partial charge in [0.15, 0.2) is 5.03 Å². The van der Waals surface area contributed by atoms with Gasteiger partial charge in [0.05, 0.1) is 17.6 Å². The quantitative estimate of drug-likeness (QED) is 0.0726. The van der Waals surface area contributed by atoms with Crippen molar-refractivity contribution in [1.82, 2.24) is 16.1 Å². The lowest BCUT2D eigenvalue weighted by Crippen LogP contribution is -2.65. The summed E-state index contributed by atoms with van der Waals surface area (Å²) in [4.78, 5) is 41.5. The van der Waals surface area contributed by atoms with Crippen molar-refractivity contribution in [2.24, 2.45) is 33.9 Å². The van der Waals surface area contributed by atoms with Crippen molar-refractivity contribution < 1.29 is 23.9 Å². The lowest BCUT2D eigenvalue weighted by molar-refractivity contribution is -0.525. The Morgan fingerprint density at radius 2 is 1.93 bits per heavy atom. The van der Waals surface area contributed by atoms with Crippen LogP contribution in [0.3, 0.4) is 0 Å². The van der Waals surface area contributed by atoms with E-state index in [0.717, 1.165) is 18.4 Å². The van der Waals surface area contributed by atoms with Crippen LogP contribution in [0.2, 0.25) is 0 Å². The zero-order chi connectivity index (χ0) is 30.8. The van der Waals surface area contributed by atoms with Gasteiger partial charge in [-0.25, -0.2) is 15.1 Å². The number of carbonyl (C=O) groups is 2. The Bertz CT molecular complexity index is 1210. The standard InChI is InChI=1S/C29H45BN6O6/c1-17(2)14-24(30-41-23-16-19-15-22(28(19,4)5)29(23,6)42-30)34-26(38)21(12-9-13-32-27(31)35-36(39)40)33-25(37)20-11-8-7-10-18(20)3/h7-8,10-11,17,19,21-24H,9,12-16H2,1-6H3,(H,33,37)(H,34,38)(H3,31,32,35)/t19-,21-,22-,23+,24-,29-/m0/s1. The van der Waals surface area contributed by atoms with Gasteiger partial charge in [-0.3, -0.25) is 9.59 Å². The molecule has 0 aromatic heterocycles. The summed E-state index contributed by atoms with van der Waals surface area (Å²) in [5, 5.41) is 15.8. The maximum Gasteiger partial charge on any atom is 0.481 e. The van der Waals surface area contributed by atoms with Gasteiger partial charge in [-0.1, -0.05) is 51.3 Å². The van der Waals surface area contributed by atoms with Gasteiger partial charge in [-0.2, -0.15) is 0 Å². The second kappa shape index (κ2) is 12.6. The van der Waals surface area contributed by atoms with Crippen molar-refractivity contribution in [3.05, 3.63) is 45.5 Å². The summed E-state index contributed by atoms with van der Waals surface area (Å²) in [6.45, 7) is 12.9. The number of nitrogens with one attached hydrogen (secondary N) is 3. The molecule has 1 heterocycles. The van der Waals surface area contributed by atoms with Crippen LogP contribution in [0.4, 0.5) is 0 Å². The highest BCUT2D eigenvalue weighted by atomic mass is 16.7. The van der Waals surface area contributed by atoms with Crippen LogP contribution < -0.4 is 21.8 Å². The number of guanidine groups is 1. The summed E-state index contributed by atoms with van der Waals surface area (Å²) in [6.07, 6.45) is 3.31. The molecule has 0 spiro atoms. The van der Waals surface area contributed by atoms with E-state index in [1.54, 1.807) is 17.6 Å². The summed E-state index contributed by atoms with van der Waals surface area (Å²) in [7, 11) is -0.591. The normalized spacial score (nSPS) is 27.5. The minimum Gasteiger partial charge on any atom is -0.404 e. The summed E-state index contributed by atoms with van der Waals surface area (Å²) < 4.78 is 13.2. The summed E-state index contributed by atoms with van der Waals surface area (Å²) in [5.74, 6) is -0.174. The third-order valence-electron chi connectivity index (χ3n) is 9.50. The molecule has 0 unspecified atom stereocenters. The first-order chi connectivity index (χ1) is 19.7. The average Bonchev–Trinajstić information content (AvgIpc) is 3.26. The number of nitro groups is 1. The van der Waals surface area contributed by atoms with Crippen molar-refractivity contribution >= 4 is 24.9 Å². The number of aliphatic imine (C=N–C) groups is 1. The number of benzene rings is 1. The van der Waals surface area contributed by atoms with E-state index in [2.05, 4.69) is 50.2 Å². The Hall–Kier alpha value is -3.19. The molecule has 3 saturated carbocycles. The van der Waals surface area contributed by atoms with Crippen molar-refractivity contribution in [1.29, 1.82) is 0 Å². The minimum absolute atomic E-state index is 0.0153. The van der Waals surface area contributed by atoms with Gasteiger partial charge < -0.3 is 25.7 Å². The van der Waals surface area contributed by atoms with E-state index in [1.807, 2.05) is 19.1 Å². The third-order valence-corrected chi connectivity index (χ3v) is 9.50. The van der Waals surface area contributed by atoms with E-state index in [-0.39, 0.29) is 48.2 Å². The van der Waals surface area contributed by atoms with Crippen molar-refractivity contribution in [3.63, 3.8) is 0 Å². The maximum atomic E-state index is 13.8. The zero-order valence-corrected chi connectivity index (χ0v) is 25.5. The van der Waals surface area contributed by atoms with Gasteiger partial charge in [0.2, 0.25) is 5.91 Å². The number of amides is 2. The average molecular weight is 585 g/mol. The summed E-state index contributed by atoms with van der Waals surface area (Å²) >= 11 is 0. The molecule has 5 rings (SSSR count). The number of nitrogens with two attached hydrogens (primary N) is 1. The van der Waals surface area contributed by atoms with Crippen LogP contribution in [0.15, 0.2) is 29.3 Å². The van der Waals surface area contributed by atoms with E-state index in [9.17, 15) is 19.7 Å². The SMILES string of the molecule is Cc1ccccc1C(=O)N[C@@H](CCCN=C(N)N[N+](=O)[O-])C(=O)N[C@@H](CC(C)C)B1O[C@@H]2C[C@@H]3C[C@@H](C3(C)C)[C@]2(C)O1. The molecular formula is C29H45BN6O6. The molecule has 4 fully saturated rings. The number of aryl methyl sites for hydroxylation is 1. The van der Waals surface area contributed by atoms with Crippen LogP contribution in [0, 0.1) is 40.2 Å². The molecule has 1 aromatic rings. The number of hydrogen-bond donors (Lipinski definition) is 4. The van der Waals surface area contributed by atoms with Gasteiger partial charge in [-0.15, -0.1) is 0 Å². The molecular weight excluding hydrogens is 539 g/mol. The number of carbonyl (C=O) groups excluding carboxylic acids is 2. The molecule has 5 N–H and O–H groups in total. The number of rotatable bonds is 12. The van der Waals surface area contributed by atoms with Gasteiger partial charge in [0.1, 0.15) is 6.04 Å². The Morgan fingerprint density at radius 1 is 1.21 bits per heavy atom. The van der Waals surface area contributed by atoms with E-state index in [4.69, 9.17) is 15.0 Å². The predicted molar refractivity (Wildman–Crippen MR) is 160 cm³/mol. The molecule has 2 amide bonds. The van der Waals surface area contributed by atoms with E-state index >= 15 is 0 Å². The van der Waals surface area contributed by atoms with Crippen molar-refractivity contribution in [2.45, 2.75) is 97.3 Å². The van der Waals surface area contributed by atoms with Gasteiger partial charge in [0, 0.05) is 12.1 Å². The molecule has 4 aliphatic rings. The molecule has 1 aliphatic heterocycles. The fourth-order valence-corrected chi connectivity index (χ4v) is 7.06. The third kappa shape index (κ3) is 6.72. The predicted octanol–water partition coefficient (Wildman–Crippen LogP) is 2.77. The minimum atomic E-state index is -0.877. The van der Waals surface area contributed by atoms with Crippen LogP contribution in [0.25, 0.3) is 0 Å². The largest absolute Gasteiger partial charge is 0.481 e. The van der Waals surface area contributed by atoms with Crippen molar-refractivity contribution in [2.75, 3.05) is 6.54 Å². The highest BCUT2D eigenvalue weighted by Gasteiger charge is 2.68. The molecule has 1 saturated heterocycles.